The summed E-state index contributed by atoms with van der Waals surface area (Å²) in [6.07, 6.45) is 0. The third-order valence-corrected chi connectivity index (χ3v) is 3.17. The van der Waals surface area contributed by atoms with Crippen LogP contribution in [-0.2, 0) is 0 Å². The Kier molecular flexibility index (Phi) is 4.21. The van der Waals surface area contributed by atoms with Crippen LogP contribution in [-0.4, -0.2) is 20.0 Å². The Morgan fingerprint density at radius 3 is 2.05 bits per heavy atom. The van der Waals surface area contributed by atoms with Crippen LogP contribution in [0.3, 0.4) is 0 Å². The quantitative estimate of drug-likeness (QED) is 0.809. The fourth-order valence-corrected chi connectivity index (χ4v) is 2.06. The Balaban J connectivity index is 2.69. The van der Waals surface area contributed by atoms with Gasteiger partial charge in [-0.25, -0.2) is 8.78 Å². The minimum absolute atomic E-state index is 0.00843. The molecular weight excluding hydrogens is 278 g/mol. The molecule has 0 unspecified atom stereocenters. The van der Waals surface area contributed by atoms with E-state index in [2.05, 4.69) is 0 Å². The number of methoxy groups -OCH3 is 2. The Morgan fingerprint density at radius 2 is 1.52 bits per heavy atom. The summed E-state index contributed by atoms with van der Waals surface area (Å²) in [6, 6.07) is 7.02. The second-order valence-corrected chi connectivity index (χ2v) is 4.42. The van der Waals surface area contributed by atoms with Crippen LogP contribution in [0.1, 0.15) is 21.5 Å². The van der Waals surface area contributed by atoms with E-state index in [0.717, 1.165) is 6.07 Å². The van der Waals surface area contributed by atoms with Crippen LogP contribution in [0.15, 0.2) is 30.3 Å². The van der Waals surface area contributed by atoms with E-state index in [-0.39, 0.29) is 22.6 Å². The third-order valence-electron chi connectivity index (χ3n) is 3.17. The largest absolute Gasteiger partial charge is 0.496 e. The highest BCUT2D eigenvalue weighted by Crippen LogP contribution is 2.32. The molecule has 0 N–H and O–H groups in total. The zero-order chi connectivity index (χ0) is 15.6. The Bertz CT molecular complexity index is 674. The van der Waals surface area contributed by atoms with Gasteiger partial charge in [-0.15, -0.1) is 0 Å². The average Bonchev–Trinajstić information content (AvgIpc) is 2.50. The molecule has 2 rings (SSSR count). The second-order valence-electron chi connectivity index (χ2n) is 4.42. The van der Waals surface area contributed by atoms with Crippen LogP contribution in [0.25, 0.3) is 0 Å². The van der Waals surface area contributed by atoms with E-state index in [1.807, 2.05) is 0 Å². The highest BCUT2D eigenvalue weighted by atomic mass is 19.1. The van der Waals surface area contributed by atoms with Gasteiger partial charge in [-0.2, -0.15) is 0 Å². The van der Waals surface area contributed by atoms with Crippen LogP contribution in [0.2, 0.25) is 0 Å². The molecule has 110 valence electrons. The van der Waals surface area contributed by atoms with Crippen molar-refractivity contribution in [2.75, 3.05) is 14.2 Å². The number of carbonyl (C=O) groups excluding carboxylic acids is 1. The highest BCUT2D eigenvalue weighted by Gasteiger charge is 2.26. The molecule has 0 spiro atoms. The van der Waals surface area contributed by atoms with E-state index in [9.17, 15) is 13.6 Å². The highest BCUT2D eigenvalue weighted by molar-refractivity contribution is 6.13. The molecule has 3 nitrogen and oxygen atoms in total. The molecule has 0 amide bonds. The lowest BCUT2D eigenvalue weighted by molar-refractivity contribution is 0.102. The van der Waals surface area contributed by atoms with Crippen LogP contribution in [0.4, 0.5) is 8.78 Å². The van der Waals surface area contributed by atoms with Gasteiger partial charge in [-0.05, 0) is 30.7 Å². The van der Waals surface area contributed by atoms with E-state index >= 15 is 0 Å². The zero-order valence-corrected chi connectivity index (χ0v) is 11.9. The molecule has 2 aromatic carbocycles. The Morgan fingerprint density at radius 1 is 0.952 bits per heavy atom. The van der Waals surface area contributed by atoms with Gasteiger partial charge in [-0.1, -0.05) is 12.1 Å². The molecule has 0 saturated carbocycles. The van der Waals surface area contributed by atoms with Crippen molar-refractivity contribution in [2.45, 2.75) is 6.92 Å². The predicted octanol–water partition coefficient (Wildman–Crippen LogP) is 3.52. The van der Waals surface area contributed by atoms with Crippen molar-refractivity contribution in [3.8, 4) is 11.5 Å². The molecule has 0 aliphatic heterocycles. The number of aryl methyl sites for hydroxylation is 1. The number of benzene rings is 2. The van der Waals surface area contributed by atoms with Crippen molar-refractivity contribution in [2.24, 2.45) is 0 Å². The normalized spacial score (nSPS) is 10.3. The lowest BCUT2D eigenvalue weighted by atomic mass is 9.98. The van der Waals surface area contributed by atoms with Gasteiger partial charge in [0.15, 0.2) is 0 Å². The second kappa shape index (κ2) is 5.91. The Hall–Kier alpha value is -2.43. The van der Waals surface area contributed by atoms with Crippen molar-refractivity contribution in [3.05, 3.63) is 58.7 Å². The van der Waals surface area contributed by atoms with Gasteiger partial charge in [0.2, 0.25) is 5.78 Å². The van der Waals surface area contributed by atoms with E-state index in [0.29, 0.717) is 0 Å². The molecule has 21 heavy (non-hydrogen) atoms. The van der Waals surface area contributed by atoms with Crippen molar-refractivity contribution < 1.29 is 23.0 Å². The van der Waals surface area contributed by atoms with Crippen LogP contribution in [0.5, 0.6) is 11.5 Å². The minimum Gasteiger partial charge on any atom is -0.496 e. The van der Waals surface area contributed by atoms with Gasteiger partial charge in [0.1, 0.15) is 28.7 Å². The fraction of sp³-hybridized carbons (Fsp3) is 0.188. The first kappa shape index (κ1) is 15.0. The van der Waals surface area contributed by atoms with Gasteiger partial charge in [0.25, 0.3) is 0 Å². The lowest BCUT2D eigenvalue weighted by Gasteiger charge is -2.13. The molecule has 0 radical (unpaired) electrons. The molecule has 0 aromatic heterocycles. The van der Waals surface area contributed by atoms with Crippen molar-refractivity contribution >= 4 is 5.78 Å². The number of ether oxygens (including phenoxy) is 2. The number of carbonyl (C=O) groups is 1. The van der Waals surface area contributed by atoms with Gasteiger partial charge in [0, 0.05) is 0 Å². The summed E-state index contributed by atoms with van der Waals surface area (Å²) in [7, 11) is 2.74. The number of hydrogen-bond donors (Lipinski definition) is 0. The van der Waals surface area contributed by atoms with Crippen LogP contribution < -0.4 is 9.47 Å². The summed E-state index contributed by atoms with van der Waals surface area (Å²) in [5, 5.41) is 0. The molecule has 0 saturated heterocycles. The summed E-state index contributed by atoms with van der Waals surface area (Å²) < 4.78 is 38.2. The van der Waals surface area contributed by atoms with Crippen LogP contribution >= 0.6 is 0 Å². The topological polar surface area (TPSA) is 35.5 Å². The first-order valence-electron chi connectivity index (χ1n) is 6.21. The summed E-state index contributed by atoms with van der Waals surface area (Å²) in [5.41, 5.74) is -0.433. The molecule has 0 fully saturated rings. The predicted molar refractivity (Wildman–Crippen MR) is 74.1 cm³/mol. The van der Waals surface area contributed by atoms with Gasteiger partial charge >= 0.3 is 0 Å². The first-order chi connectivity index (χ1) is 10.0. The number of ketones is 1. The van der Waals surface area contributed by atoms with Gasteiger partial charge in [0.05, 0.1) is 19.8 Å². The SMILES string of the molecule is COc1cccc(OC)c1C(=O)c1c(F)ccc(C)c1F. The van der Waals surface area contributed by atoms with E-state index in [1.54, 1.807) is 6.07 Å². The number of hydrogen-bond acceptors (Lipinski definition) is 3. The van der Waals surface area contributed by atoms with Gasteiger partial charge in [-0.3, -0.25) is 4.79 Å². The standard InChI is InChI=1S/C16H14F2O3/c1-9-7-8-10(17)13(15(9)18)16(19)14-11(20-2)5-4-6-12(14)21-3/h4-8H,1-3H3. The fourth-order valence-electron chi connectivity index (χ4n) is 2.06. The average molecular weight is 292 g/mol. The van der Waals surface area contributed by atoms with Gasteiger partial charge < -0.3 is 9.47 Å². The monoisotopic (exact) mass is 292 g/mol. The summed E-state index contributed by atoms with van der Waals surface area (Å²) in [5.74, 6) is -2.23. The molecular formula is C16H14F2O3. The van der Waals surface area contributed by atoms with E-state index < -0.39 is 23.0 Å². The maximum absolute atomic E-state index is 14.1. The zero-order valence-electron chi connectivity index (χ0n) is 11.9. The minimum atomic E-state index is -0.920. The van der Waals surface area contributed by atoms with Crippen molar-refractivity contribution in [1.82, 2.24) is 0 Å². The third kappa shape index (κ3) is 2.59. The first-order valence-corrected chi connectivity index (χ1v) is 6.21. The summed E-state index contributed by atoms with van der Waals surface area (Å²) in [6.45, 7) is 1.46. The summed E-state index contributed by atoms with van der Waals surface area (Å²) >= 11 is 0. The summed E-state index contributed by atoms with van der Waals surface area (Å²) in [4.78, 5) is 12.6. The maximum atomic E-state index is 14.1. The molecule has 0 atom stereocenters. The molecule has 5 heteroatoms. The molecule has 0 aliphatic rings. The number of rotatable bonds is 4. The van der Waals surface area contributed by atoms with Crippen LogP contribution in [0, 0.1) is 18.6 Å². The molecule has 0 bridgehead atoms. The molecule has 2 aromatic rings. The van der Waals surface area contributed by atoms with E-state index in [4.69, 9.17) is 9.47 Å². The maximum Gasteiger partial charge on any atom is 0.206 e. The smallest absolute Gasteiger partial charge is 0.206 e. The molecule has 0 heterocycles. The lowest BCUT2D eigenvalue weighted by Crippen LogP contribution is -2.11. The Labute approximate surface area is 121 Å². The van der Waals surface area contributed by atoms with E-state index in [1.165, 1.54) is 39.3 Å². The van der Waals surface area contributed by atoms with Crippen molar-refractivity contribution in [3.63, 3.8) is 0 Å². The van der Waals surface area contributed by atoms with Crippen molar-refractivity contribution in [1.29, 1.82) is 0 Å². The molecule has 0 aliphatic carbocycles. The number of halogens is 2.